The minimum absolute atomic E-state index is 0.558. The van der Waals surface area contributed by atoms with Gasteiger partial charge in [0.2, 0.25) is 0 Å². The molecule has 1 aromatic heterocycles. The molecule has 4 heteroatoms. The number of unbranched alkanes of at least 4 members (excludes halogenated alkanes) is 1. The summed E-state index contributed by atoms with van der Waals surface area (Å²) < 4.78 is 0. The number of imidazole rings is 1. The summed E-state index contributed by atoms with van der Waals surface area (Å²) in [6, 6.07) is 0.558. The summed E-state index contributed by atoms with van der Waals surface area (Å²) in [5.41, 5.74) is 2.51. The molecule has 0 saturated heterocycles. The molecule has 2 heterocycles. The van der Waals surface area contributed by atoms with E-state index >= 15 is 0 Å². The first kappa shape index (κ1) is 12.6. The molecule has 4 nitrogen and oxygen atoms in total. The highest BCUT2D eigenvalue weighted by molar-refractivity contribution is 5.15. The first-order chi connectivity index (χ1) is 8.33. The number of fused-ring (bicyclic) bond motifs is 1. The number of H-pyrrole nitrogens is 1. The van der Waals surface area contributed by atoms with Crippen molar-refractivity contribution in [2.75, 3.05) is 19.6 Å². The topological polar surface area (TPSA) is 44.0 Å². The van der Waals surface area contributed by atoms with Gasteiger partial charge in [0.05, 0.1) is 17.7 Å². The zero-order valence-corrected chi connectivity index (χ0v) is 11.0. The normalized spacial score (nSPS) is 19.6. The van der Waals surface area contributed by atoms with Crippen LogP contribution in [0.1, 0.15) is 38.1 Å². The Balaban J connectivity index is 1.83. The number of hydrogen-bond acceptors (Lipinski definition) is 3. The minimum Gasteiger partial charge on any atom is -0.347 e. The lowest BCUT2D eigenvalue weighted by atomic mass is 10.0. The van der Waals surface area contributed by atoms with Gasteiger partial charge in [0, 0.05) is 25.6 Å². The second kappa shape index (κ2) is 6.17. The third-order valence-corrected chi connectivity index (χ3v) is 3.57. The SMILES string of the molecule is CCCCN(CC)CC1Cc2nc[nH]c2CN1. The maximum Gasteiger partial charge on any atom is 0.0925 e. The highest BCUT2D eigenvalue weighted by Crippen LogP contribution is 2.13. The fourth-order valence-electron chi connectivity index (χ4n) is 2.43. The van der Waals surface area contributed by atoms with Crippen LogP contribution in [0.5, 0.6) is 0 Å². The number of hydrogen-bond donors (Lipinski definition) is 2. The van der Waals surface area contributed by atoms with Crippen molar-refractivity contribution in [3.8, 4) is 0 Å². The van der Waals surface area contributed by atoms with Gasteiger partial charge in [-0.3, -0.25) is 0 Å². The predicted molar refractivity (Wildman–Crippen MR) is 69.9 cm³/mol. The average Bonchev–Trinajstić information content (AvgIpc) is 2.81. The van der Waals surface area contributed by atoms with Crippen LogP contribution in [0.25, 0.3) is 0 Å². The highest BCUT2D eigenvalue weighted by Gasteiger charge is 2.21. The Hall–Kier alpha value is -0.870. The van der Waals surface area contributed by atoms with Crippen LogP contribution in [0.4, 0.5) is 0 Å². The molecular weight excluding hydrogens is 212 g/mol. The summed E-state index contributed by atoms with van der Waals surface area (Å²) in [5, 5.41) is 3.59. The van der Waals surface area contributed by atoms with Crippen molar-refractivity contribution in [1.29, 1.82) is 0 Å². The Kier molecular flexibility index (Phi) is 4.57. The molecule has 0 saturated carbocycles. The van der Waals surface area contributed by atoms with Gasteiger partial charge in [0.15, 0.2) is 0 Å². The molecule has 0 radical (unpaired) electrons. The third-order valence-electron chi connectivity index (χ3n) is 3.57. The van der Waals surface area contributed by atoms with E-state index in [2.05, 4.69) is 34.0 Å². The van der Waals surface area contributed by atoms with Gasteiger partial charge in [-0.05, 0) is 19.5 Å². The Morgan fingerprint density at radius 3 is 3.12 bits per heavy atom. The van der Waals surface area contributed by atoms with E-state index in [1.54, 1.807) is 0 Å². The van der Waals surface area contributed by atoms with Crippen LogP contribution in [0, 0.1) is 0 Å². The summed E-state index contributed by atoms with van der Waals surface area (Å²) in [7, 11) is 0. The van der Waals surface area contributed by atoms with Crippen LogP contribution >= 0.6 is 0 Å². The quantitative estimate of drug-likeness (QED) is 0.787. The van der Waals surface area contributed by atoms with E-state index in [9.17, 15) is 0 Å². The molecule has 1 aliphatic heterocycles. The third kappa shape index (κ3) is 3.30. The zero-order valence-electron chi connectivity index (χ0n) is 11.0. The molecule has 1 aromatic rings. The second-order valence-corrected chi connectivity index (χ2v) is 4.86. The Bertz CT molecular complexity index is 334. The van der Waals surface area contributed by atoms with Gasteiger partial charge in [0.25, 0.3) is 0 Å². The van der Waals surface area contributed by atoms with E-state index in [0.29, 0.717) is 6.04 Å². The Morgan fingerprint density at radius 1 is 1.47 bits per heavy atom. The standard InChI is InChI=1S/C13H24N4/c1-3-5-6-17(4-2)9-11-7-12-13(8-14-11)16-10-15-12/h10-11,14H,3-9H2,1-2H3,(H,15,16). The number of nitrogens with one attached hydrogen (secondary N) is 2. The number of nitrogens with zero attached hydrogens (tertiary/aromatic N) is 2. The molecule has 1 atom stereocenters. The first-order valence-corrected chi connectivity index (χ1v) is 6.80. The van der Waals surface area contributed by atoms with Gasteiger partial charge < -0.3 is 15.2 Å². The number of aromatic nitrogens is 2. The predicted octanol–water partition coefficient (Wildman–Crippen LogP) is 1.55. The van der Waals surface area contributed by atoms with Gasteiger partial charge in [0.1, 0.15) is 0 Å². The van der Waals surface area contributed by atoms with Crippen molar-refractivity contribution < 1.29 is 0 Å². The molecule has 2 rings (SSSR count). The van der Waals surface area contributed by atoms with Crippen molar-refractivity contribution in [1.82, 2.24) is 20.2 Å². The fraction of sp³-hybridized carbons (Fsp3) is 0.769. The monoisotopic (exact) mass is 236 g/mol. The van der Waals surface area contributed by atoms with Crippen LogP contribution in [-0.4, -0.2) is 40.5 Å². The van der Waals surface area contributed by atoms with Crippen LogP contribution in [0.3, 0.4) is 0 Å². The number of likely N-dealkylation sites (N-methyl/N-ethyl adjacent to an activating group) is 1. The van der Waals surface area contributed by atoms with Gasteiger partial charge >= 0.3 is 0 Å². The molecule has 2 N–H and O–H groups in total. The molecular formula is C13H24N4. The summed E-state index contributed by atoms with van der Waals surface area (Å²) in [4.78, 5) is 10.1. The zero-order chi connectivity index (χ0) is 12.1. The average molecular weight is 236 g/mol. The highest BCUT2D eigenvalue weighted by atomic mass is 15.1. The number of aromatic amines is 1. The molecule has 0 aliphatic carbocycles. The van der Waals surface area contributed by atoms with Crippen molar-refractivity contribution in [3.05, 3.63) is 17.7 Å². The molecule has 0 spiro atoms. The lowest BCUT2D eigenvalue weighted by Gasteiger charge is -2.29. The van der Waals surface area contributed by atoms with E-state index in [1.807, 2.05) is 6.33 Å². The number of rotatable bonds is 6. The molecule has 1 aliphatic rings. The van der Waals surface area contributed by atoms with E-state index in [4.69, 9.17) is 0 Å². The molecule has 1 unspecified atom stereocenters. The maximum absolute atomic E-state index is 4.39. The van der Waals surface area contributed by atoms with Crippen molar-refractivity contribution in [2.24, 2.45) is 0 Å². The molecule has 0 aromatic carbocycles. The van der Waals surface area contributed by atoms with E-state index < -0.39 is 0 Å². The van der Waals surface area contributed by atoms with Crippen LogP contribution in [-0.2, 0) is 13.0 Å². The first-order valence-electron chi connectivity index (χ1n) is 6.80. The van der Waals surface area contributed by atoms with Crippen molar-refractivity contribution in [2.45, 2.75) is 45.7 Å². The fourth-order valence-corrected chi connectivity index (χ4v) is 2.43. The molecule has 17 heavy (non-hydrogen) atoms. The lowest BCUT2D eigenvalue weighted by Crippen LogP contribution is -2.45. The largest absolute Gasteiger partial charge is 0.347 e. The summed E-state index contributed by atoms with van der Waals surface area (Å²) in [6.45, 7) is 8.94. The lowest BCUT2D eigenvalue weighted by molar-refractivity contribution is 0.242. The van der Waals surface area contributed by atoms with Crippen LogP contribution in [0.2, 0.25) is 0 Å². The van der Waals surface area contributed by atoms with Crippen LogP contribution in [0.15, 0.2) is 6.33 Å². The van der Waals surface area contributed by atoms with Gasteiger partial charge in [-0.1, -0.05) is 20.3 Å². The molecule has 96 valence electrons. The Morgan fingerprint density at radius 2 is 2.35 bits per heavy atom. The Labute approximate surface area is 104 Å². The van der Waals surface area contributed by atoms with E-state index in [0.717, 1.165) is 26.1 Å². The van der Waals surface area contributed by atoms with E-state index in [1.165, 1.54) is 30.8 Å². The maximum atomic E-state index is 4.39. The molecule has 0 amide bonds. The van der Waals surface area contributed by atoms with Crippen molar-refractivity contribution >= 4 is 0 Å². The van der Waals surface area contributed by atoms with Gasteiger partial charge in [-0.2, -0.15) is 0 Å². The molecule has 0 bridgehead atoms. The minimum atomic E-state index is 0.558. The van der Waals surface area contributed by atoms with Gasteiger partial charge in [-0.25, -0.2) is 4.98 Å². The second-order valence-electron chi connectivity index (χ2n) is 4.86. The summed E-state index contributed by atoms with van der Waals surface area (Å²) in [6.07, 6.45) is 5.44. The summed E-state index contributed by atoms with van der Waals surface area (Å²) >= 11 is 0. The van der Waals surface area contributed by atoms with Crippen molar-refractivity contribution in [3.63, 3.8) is 0 Å². The molecule has 0 fully saturated rings. The smallest absolute Gasteiger partial charge is 0.0925 e. The van der Waals surface area contributed by atoms with E-state index in [-0.39, 0.29) is 0 Å². The van der Waals surface area contributed by atoms with Gasteiger partial charge in [-0.15, -0.1) is 0 Å². The summed E-state index contributed by atoms with van der Waals surface area (Å²) in [5.74, 6) is 0. The van der Waals surface area contributed by atoms with Crippen LogP contribution < -0.4 is 5.32 Å².